The van der Waals surface area contributed by atoms with Gasteiger partial charge in [-0.05, 0) is 46.6 Å². The van der Waals surface area contributed by atoms with Crippen LogP contribution < -0.4 is 5.32 Å². The molecule has 0 aliphatic carbocycles. The van der Waals surface area contributed by atoms with Gasteiger partial charge in [0.05, 0.1) is 5.69 Å². The van der Waals surface area contributed by atoms with E-state index >= 15 is 0 Å². The average Bonchev–Trinajstić information content (AvgIpc) is 2.34. The van der Waals surface area contributed by atoms with E-state index in [1.807, 2.05) is 6.92 Å². The van der Waals surface area contributed by atoms with E-state index in [9.17, 15) is 4.79 Å². The van der Waals surface area contributed by atoms with E-state index in [1.54, 1.807) is 30.6 Å². The number of carbonyl (C=O) groups excluding carboxylic acids is 1. The van der Waals surface area contributed by atoms with Crippen molar-refractivity contribution in [2.75, 3.05) is 5.32 Å². The number of hydrogen-bond donors (Lipinski definition) is 1. The first-order chi connectivity index (χ1) is 8.58. The Morgan fingerprint density at radius 1 is 1.44 bits per heavy atom. The maximum Gasteiger partial charge on any atom is 0.275 e. The number of aryl methyl sites for hydroxylation is 1. The lowest BCUT2D eigenvalue weighted by molar-refractivity contribution is 0.102. The number of pyridine rings is 2. The summed E-state index contributed by atoms with van der Waals surface area (Å²) in [7, 11) is 0. The maximum absolute atomic E-state index is 12.0. The first kappa shape index (κ1) is 13.0. The van der Waals surface area contributed by atoms with Crippen LogP contribution in [0.5, 0.6) is 0 Å². The molecule has 2 aromatic rings. The summed E-state index contributed by atoms with van der Waals surface area (Å²) in [6, 6.07) is 5.24. The van der Waals surface area contributed by atoms with Crippen LogP contribution in [-0.2, 0) is 0 Å². The molecule has 0 spiro atoms. The average molecular weight is 327 g/mol. The second kappa shape index (κ2) is 5.46. The summed E-state index contributed by atoms with van der Waals surface area (Å²) in [6.07, 6.45) is 3.18. The Bertz CT molecular complexity index is 604. The first-order valence-corrected chi connectivity index (χ1v) is 6.29. The van der Waals surface area contributed by atoms with E-state index in [1.165, 1.54) is 0 Å². The Balaban J connectivity index is 2.27. The molecule has 1 amide bonds. The Morgan fingerprint density at radius 3 is 2.94 bits per heavy atom. The number of carbonyl (C=O) groups is 1. The van der Waals surface area contributed by atoms with E-state index in [-0.39, 0.29) is 11.1 Å². The predicted octanol–water partition coefficient (Wildman–Crippen LogP) is 3.45. The summed E-state index contributed by atoms with van der Waals surface area (Å²) in [5.41, 5.74) is 1.68. The smallest absolute Gasteiger partial charge is 0.275 e. The van der Waals surface area contributed by atoms with Crippen LogP contribution in [-0.4, -0.2) is 15.9 Å². The van der Waals surface area contributed by atoms with Crippen molar-refractivity contribution in [1.29, 1.82) is 0 Å². The van der Waals surface area contributed by atoms with Gasteiger partial charge in [-0.1, -0.05) is 11.6 Å². The van der Waals surface area contributed by atoms with Crippen LogP contribution in [0.25, 0.3) is 0 Å². The molecule has 6 heteroatoms. The minimum absolute atomic E-state index is 0.251. The number of aromatic nitrogens is 2. The zero-order valence-electron chi connectivity index (χ0n) is 9.45. The minimum Gasteiger partial charge on any atom is -0.318 e. The normalized spacial score (nSPS) is 10.2. The third-order valence-corrected chi connectivity index (χ3v) is 3.14. The minimum atomic E-state index is -0.336. The molecule has 0 saturated carbocycles. The second-order valence-corrected chi connectivity index (χ2v) is 4.85. The van der Waals surface area contributed by atoms with Crippen molar-refractivity contribution in [2.24, 2.45) is 0 Å². The van der Waals surface area contributed by atoms with Gasteiger partial charge in [0.25, 0.3) is 5.91 Å². The van der Waals surface area contributed by atoms with Crippen molar-refractivity contribution in [3.05, 3.63) is 51.5 Å². The summed E-state index contributed by atoms with van der Waals surface area (Å²) in [4.78, 5) is 20.0. The summed E-state index contributed by atoms with van der Waals surface area (Å²) in [6.45, 7) is 1.87. The van der Waals surface area contributed by atoms with E-state index in [2.05, 4.69) is 31.2 Å². The predicted molar refractivity (Wildman–Crippen MR) is 73.9 cm³/mol. The monoisotopic (exact) mass is 325 g/mol. The second-order valence-electron chi connectivity index (χ2n) is 3.64. The number of amides is 1. The molecule has 0 saturated heterocycles. The summed E-state index contributed by atoms with van der Waals surface area (Å²) < 4.78 is 0.624. The van der Waals surface area contributed by atoms with E-state index < -0.39 is 0 Å². The molecule has 2 rings (SSSR count). The van der Waals surface area contributed by atoms with Gasteiger partial charge in [0.1, 0.15) is 5.69 Å². The third-order valence-electron chi connectivity index (χ3n) is 2.20. The lowest BCUT2D eigenvalue weighted by Gasteiger charge is -2.07. The molecule has 0 bridgehead atoms. The molecule has 0 fully saturated rings. The number of nitrogens with zero attached hydrogens (tertiary/aromatic N) is 2. The fraction of sp³-hybridized carbons (Fsp3) is 0.0833. The summed E-state index contributed by atoms with van der Waals surface area (Å²) >= 11 is 9.18. The molecule has 0 aliphatic rings. The lowest BCUT2D eigenvalue weighted by atomic mass is 10.3. The molecular formula is C12H9BrClN3O. The van der Waals surface area contributed by atoms with Gasteiger partial charge < -0.3 is 5.32 Å². The fourth-order valence-corrected chi connectivity index (χ4v) is 1.96. The Hall–Kier alpha value is -1.46. The fourth-order valence-electron chi connectivity index (χ4n) is 1.37. The number of hydrogen-bond acceptors (Lipinski definition) is 3. The Morgan fingerprint density at radius 2 is 2.22 bits per heavy atom. The molecule has 1 N–H and O–H groups in total. The molecule has 2 heterocycles. The number of halogens is 2. The van der Waals surface area contributed by atoms with E-state index in [0.29, 0.717) is 15.9 Å². The quantitative estimate of drug-likeness (QED) is 0.860. The van der Waals surface area contributed by atoms with Crippen LogP contribution >= 0.6 is 27.5 Å². The molecular weight excluding hydrogens is 318 g/mol. The zero-order valence-corrected chi connectivity index (χ0v) is 11.8. The molecule has 0 atom stereocenters. The highest BCUT2D eigenvalue weighted by Gasteiger charge is 2.13. The number of nitrogens with one attached hydrogen (secondary N) is 1. The van der Waals surface area contributed by atoms with Crippen molar-refractivity contribution in [1.82, 2.24) is 9.97 Å². The number of rotatable bonds is 2. The van der Waals surface area contributed by atoms with Gasteiger partial charge in [-0.25, -0.2) is 9.97 Å². The number of anilines is 1. The van der Waals surface area contributed by atoms with Crippen LogP contribution in [0.15, 0.2) is 35.1 Å². The molecule has 0 aliphatic heterocycles. The highest BCUT2D eigenvalue weighted by atomic mass is 79.9. The van der Waals surface area contributed by atoms with E-state index in [0.717, 1.165) is 5.56 Å². The molecule has 92 valence electrons. The van der Waals surface area contributed by atoms with Crippen molar-refractivity contribution in [3.63, 3.8) is 0 Å². The van der Waals surface area contributed by atoms with Crippen molar-refractivity contribution < 1.29 is 4.79 Å². The summed E-state index contributed by atoms with van der Waals surface area (Å²) in [5.74, 6) is -0.336. The van der Waals surface area contributed by atoms with Crippen LogP contribution in [0.2, 0.25) is 5.15 Å². The van der Waals surface area contributed by atoms with Gasteiger partial charge in [0, 0.05) is 16.9 Å². The van der Waals surface area contributed by atoms with Crippen LogP contribution in [0.4, 0.5) is 5.69 Å². The van der Waals surface area contributed by atoms with Gasteiger partial charge >= 0.3 is 0 Å². The zero-order chi connectivity index (χ0) is 13.1. The molecule has 18 heavy (non-hydrogen) atoms. The van der Waals surface area contributed by atoms with E-state index in [4.69, 9.17) is 11.6 Å². The van der Waals surface area contributed by atoms with Gasteiger partial charge in [-0.2, -0.15) is 0 Å². The molecule has 4 nitrogen and oxygen atoms in total. The standard InChI is InChI=1S/C12H9BrClN3O/c1-7-5-9(11(14)16-6-7)17-12(18)10-8(13)3-2-4-15-10/h2-6H,1H3,(H,17,18). The molecule has 0 radical (unpaired) electrons. The van der Waals surface area contributed by atoms with Crippen molar-refractivity contribution in [2.45, 2.75) is 6.92 Å². The van der Waals surface area contributed by atoms with Crippen molar-refractivity contribution >= 4 is 39.1 Å². The molecule has 0 unspecified atom stereocenters. The topological polar surface area (TPSA) is 54.9 Å². The summed E-state index contributed by atoms with van der Waals surface area (Å²) in [5, 5.41) is 2.93. The SMILES string of the molecule is Cc1cnc(Cl)c(NC(=O)c2ncccc2Br)c1. The Labute approximate surface area is 118 Å². The van der Waals surface area contributed by atoms with Gasteiger partial charge in [0.15, 0.2) is 5.15 Å². The maximum atomic E-state index is 12.0. The highest BCUT2D eigenvalue weighted by Crippen LogP contribution is 2.21. The van der Waals surface area contributed by atoms with Crippen LogP contribution in [0.1, 0.15) is 16.1 Å². The van der Waals surface area contributed by atoms with Crippen LogP contribution in [0.3, 0.4) is 0 Å². The van der Waals surface area contributed by atoms with Gasteiger partial charge in [-0.3, -0.25) is 4.79 Å². The lowest BCUT2D eigenvalue weighted by Crippen LogP contribution is -2.14. The largest absolute Gasteiger partial charge is 0.318 e. The molecule has 2 aromatic heterocycles. The third kappa shape index (κ3) is 2.86. The van der Waals surface area contributed by atoms with Gasteiger partial charge in [0.2, 0.25) is 0 Å². The molecule has 0 aromatic carbocycles. The van der Waals surface area contributed by atoms with Crippen molar-refractivity contribution in [3.8, 4) is 0 Å². The highest BCUT2D eigenvalue weighted by molar-refractivity contribution is 9.10. The van der Waals surface area contributed by atoms with Crippen LogP contribution in [0, 0.1) is 6.92 Å². The first-order valence-electron chi connectivity index (χ1n) is 5.12. The van der Waals surface area contributed by atoms with Gasteiger partial charge in [-0.15, -0.1) is 0 Å². The Kier molecular flexibility index (Phi) is 3.93.